The van der Waals surface area contributed by atoms with Crippen molar-refractivity contribution in [3.8, 4) is 23.6 Å². The molecule has 0 fully saturated rings. The van der Waals surface area contributed by atoms with Gasteiger partial charge in [0.1, 0.15) is 11.6 Å². The molecule has 0 saturated heterocycles. The molecule has 0 N–H and O–H groups in total. The largest absolute Gasteiger partial charge is 0.355 e. The molecule has 5 nitrogen and oxygen atoms in total. The van der Waals surface area contributed by atoms with Gasteiger partial charge < -0.3 is 4.90 Å². The van der Waals surface area contributed by atoms with Crippen molar-refractivity contribution < 1.29 is 4.39 Å². The monoisotopic (exact) mass is 357 g/mol. The summed E-state index contributed by atoms with van der Waals surface area (Å²) in [6.45, 7) is 0.606. The van der Waals surface area contributed by atoms with Crippen LogP contribution >= 0.6 is 0 Å². The number of rotatable bonds is 4. The highest BCUT2D eigenvalue weighted by Gasteiger charge is 2.16. The third-order valence-corrected chi connectivity index (χ3v) is 4.29. The number of benzene rings is 1. The van der Waals surface area contributed by atoms with E-state index >= 15 is 0 Å². The van der Waals surface area contributed by atoms with Crippen LogP contribution < -0.4 is 4.90 Å². The van der Waals surface area contributed by atoms with Crippen LogP contribution in [0.15, 0.2) is 61.1 Å². The number of halogens is 1. The van der Waals surface area contributed by atoms with Crippen molar-refractivity contribution in [2.45, 2.75) is 6.54 Å². The van der Waals surface area contributed by atoms with Gasteiger partial charge >= 0.3 is 0 Å². The Morgan fingerprint density at radius 3 is 2.78 bits per heavy atom. The van der Waals surface area contributed by atoms with Gasteiger partial charge in [0.2, 0.25) is 0 Å². The van der Waals surface area contributed by atoms with Gasteiger partial charge in [-0.05, 0) is 23.8 Å². The van der Waals surface area contributed by atoms with Crippen molar-refractivity contribution in [1.82, 2.24) is 19.6 Å². The molecule has 1 aromatic carbocycles. The van der Waals surface area contributed by atoms with Crippen molar-refractivity contribution in [2.75, 3.05) is 11.9 Å². The standard InChI is InChI=1S/C21H16FN5/c1-3-16-13-24-27-20(26(2)14-15-7-6-10-23-12-15)11-19(25-21(16)27)17-8-4-5-9-18(17)22/h1,4-13H,14H2,2H3. The highest BCUT2D eigenvalue weighted by molar-refractivity contribution is 5.70. The number of anilines is 1. The number of hydrogen-bond acceptors (Lipinski definition) is 4. The second-order valence-electron chi connectivity index (χ2n) is 6.13. The van der Waals surface area contributed by atoms with E-state index in [1.807, 2.05) is 36.3 Å². The molecular weight excluding hydrogens is 341 g/mol. The number of fused-ring (bicyclic) bond motifs is 1. The smallest absolute Gasteiger partial charge is 0.173 e. The summed E-state index contributed by atoms with van der Waals surface area (Å²) < 4.78 is 16.0. The predicted molar refractivity (Wildman–Crippen MR) is 103 cm³/mol. The zero-order valence-electron chi connectivity index (χ0n) is 14.7. The van der Waals surface area contributed by atoms with Crippen LogP contribution in [0.1, 0.15) is 11.1 Å². The lowest BCUT2D eigenvalue weighted by Crippen LogP contribution is -2.20. The molecule has 0 saturated carbocycles. The zero-order valence-corrected chi connectivity index (χ0v) is 14.7. The van der Waals surface area contributed by atoms with Gasteiger partial charge in [0.25, 0.3) is 0 Å². The maximum atomic E-state index is 14.3. The highest BCUT2D eigenvalue weighted by atomic mass is 19.1. The molecule has 27 heavy (non-hydrogen) atoms. The fourth-order valence-corrected chi connectivity index (χ4v) is 2.97. The first-order valence-corrected chi connectivity index (χ1v) is 8.37. The first-order chi connectivity index (χ1) is 13.2. The molecule has 0 unspecified atom stereocenters. The van der Waals surface area contributed by atoms with Gasteiger partial charge in [-0.2, -0.15) is 9.61 Å². The van der Waals surface area contributed by atoms with Crippen molar-refractivity contribution in [3.63, 3.8) is 0 Å². The summed E-state index contributed by atoms with van der Waals surface area (Å²) in [4.78, 5) is 10.7. The first kappa shape index (κ1) is 16.7. The molecule has 0 bridgehead atoms. The fraction of sp³-hybridized carbons (Fsp3) is 0.0952. The average molecular weight is 357 g/mol. The maximum absolute atomic E-state index is 14.3. The van der Waals surface area contributed by atoms with E-state index in [1.54, 1.807) is 35.1 Å². The molecule has 3 heterocycles. The van der Waals surface area contributed by atoms with E-state index in [-0.39, 0.29) is 5.82 Å². The third kappa shape index (κ3) is 3.11. The molecule has 0 aliphatic heterocycles. The minimum Gasteiger partial charge on any atom is -0.355 e. The minimum atomic E-state index is -0.336. The minimum absolute atomic E-state index is 0.336. The van der Waals surface area contributed by atoms with Gasteiger partial charge in [0, 0.05) is 37.6 Å². The van der Waals surface area contributed by atoms with Gasteiger partial charge in [-0.1, -0.05) is 24.1 Å². The second kappa shape index (κ2) is 6.89. The third-order valence-electron chi connectivity index (χ3n) is 4.29. The average Bonchev–Trinajstić information content (AvgIpc) is 3.11. The lowest BCUT2D eigenvalue weighted by molar-refractivity contribution is 0.630. The molecule has 132 valence electrons. The molecule has 0 aliphatic carbocycles. The Bertz CT molecular complexity index is 1140. The van der Waals surface area contributed by atoms with E-state index in [1.165, 1.54) is 6.07 Å². The Balaban J connectivity index is 1.87. The van der Waals surface area contributed by atoms with Gasteiger partial charge in [0.15, 0.2) is 5.65 Å². The van der Waals surface area contributed by atoms with E-state index in [0.29, 0.717) is 29.0 Å². The summed E-state index contributed by atoms with van der Waals surface area (Å²) in [5, 5.41) is 4.37. The molecule has 0 atom stereocenters. The quantitative estimate of drug-likeness (QED) is 0.524. The summed E-state index contributed by atoms with van der Waals surface area (Å²) >= 11 is 0. The van der Waals surface area contributed by atoms with Gasteiger partial charge in [0.05, 0.1) is 17.5 Å². The molecule has 4 rings (SSSR count). The summed E-state index contributed by atoms with van der Waals surface area (Å²) in [6.07, 6.45) is 10.7. The normalized spacial score (nSPS) is 10.7. The molecule has 0 amide bonds. The van der Waals surface area contributed by atoms with Crippen LogP contribution in [0.4, 0.5) is 10.2 Å². The van der Waals surface area contributed by atoms with Crippen LogP contribution in [0.25, 0.3) is 16.9 Å². The van der Waals surface area contributed by atoms with Crippen LogP contribution in [0.2, 0.25) is 0 Å². The number of pyridine rings is 1. The van der Waals surface area contributed by atoms with Crippen LogP contribution in [0.3, 0.4) is 0 Å². The molecule has 4 aromatic rings. The van der Waals surface area contributed by atoms with E-state index in [2.05, 4.69) is 21.0 Å². The SMILES string of the molecule is C#Cc1cnn2c(N(C)Cc3cccnc3)cc(-c3ccccc3F)nc12. The van der Waals surface area contributed by atoms with E-state index in [9.17, 15) is 4.39 Å². The van der Waals surface area contributed by atoms with E-state index in [0.717, 1.165) is 11.4 Å². The van der Waals surface area contributed by atoms with Crippen LogP contribution in [-0.4, -0.2) is 26.6 Å². The van der Waals surface area contributed by atoms with Crippen LogP contribution in [0.5, 0.6) is 0 Å². The number of hydrogen-bond donors (Lipinski definition) is 0. The van der Waals surface area contributed by atoms with E-state index < -0.39 is 0 Å². The lowest BCUT2D eigenvalue weighted by atomic mass is 10.1. The topological polar surface area (TPSA) is 46.3 Å². The fourth-order valence-electron chi connectivity index (χ4n) is 2.97. The molecule has 0 aliphatic rings. The Kier molecular flexibility index (Phi) is 4.27. The Hall–Kier alpha value is -3.72. The Morgan fingerprint density at radius 1 is 1.19 bits per heavy atom. The molecule has 0 spiro atoms. The van der Waals surface area contributed by atoms with Crippen LogP contribution in [-0.2, 0) is 6.54 Å². The summed E-state index contributed by atoms with van der Waals surface area (Å²) in [7, 11) is 1.93. The lowest BCUT2D eigenvalue weighted by Gasteiger charge is -2.21. The number of terminal acetylenes is 1. The number of nitrogens with zero attached hydrogens (tertiary/aromatic N) is 5. The Morgan fingerprint density at radius 2 is 2.04 bits per heavy atom. The molecular formula is C21H16FN5. The van der Waals surface area contributed by atoms with Crippen molar-refractivity contribution >= 4 is 11.5 Å². The van der Waals surface area contributed by atoms with Crippen molar-refractivity contribution in [2.24, 2.45) is 0 Å². The maximum Gasteiger partial charge on any atom is 0.173 e. The highest BCUT2D eigenvalue weighted by Crippen LogP contribution is 2.27. The van der Waals surface area contributed by atoms with Gasteiger partial charge in [-0.15, -0.1) is 6.42 Å². The Labute approximate surface area is 156 Å². The van der Waals surface area contributed by atoms with Gasteiger partial charge in [-0.25, -0.2) is 9.37 Å². The first-order valence-electron chi connectivity index (χ1n) is 8.37. The summed E-state index contributed by atoms with van der Waals surface area (Å²) in [5.74, 6) is 3.01. The van der Waals surface area contributed by atoms with E-state index in [4.69, 9.17) is 6.42 Å². The molecule has 3 aromatic heterocycles. The summed E-state index contributed by atoms with van der Waals surface area (Å²) in [6, 6.07) is 12.2. The molecule has 6 heteroatoms. The predicted octanol–water partition coefficient (Wildman–Crippen LogP) is 3.55. The van der Waals surface area contributed by atoms with Gasteiger partial charge in [-0.3, -0.25) is 4.98 Å². The zero-order chi connectivity index (χ0) is 18.8. The number of aromatic nitrogens is 4. The summed E-state index contributed by atoms with van der Waals surface area (Å²) in [5.41, 5.74) is 3.04. The van der Waals surface area contributed by atoms with Crippen LogP contribution in [0, 0.1) is 18.2 Å². The van der Waals surface area contributed by atoms with Crippen molar-refractivity contribution in [3.05, 3.63) is 78.0 Å². The van der Waals surface area contributed by atoms with Crippen molar-refractivity contribution in [1.29, 1.82) is 0 Å². The second-order valence-corrected chi connectivity index (χ2v) is 6.13. The molecule has 0 radical (unpaired) electrons.